The fraction of sp³-hybridized carbons (Fsp3) is 0.300. The lowest BCUT2D eigenvalue weighted by Crippen LogP contribution is -2.06. The molecule has 1 unspecified atom stereocenters. The van der Waals surface area contributed by atoms with Gasteiger partial charge < -0.3 is 5.11 Å². The molecule has 0 fully saturated rings. The normalized spacial score (nSPS) is 12.6. The van der Waals surface area contributed by atoms with Crippen molar-refractivity contribution >= 4 is 17.4 Å². The first-order chi connectivity index (χ1) is 6.57. The summed E-state index contributed by atoms with van der Waals surface area (Å²) in [5.41, 5.74) is 0.264. The van der Waals surface area contributed by atoms with Crippen LogP contribution in [0.25, 0.3) is 0 Å². The molecule has 14 heavy (non-hydrogen) atoms. The smallest absolute Gasteiger partial charge is 0.152 e. The van der Waals surface area contributed by atoms with Crippen molar-refractivity contribution in [3.63, 3.8) is 0 Å². The van der Waals surface area contributed by atoms with Gasteiger partial charge in [0, 0.05) is 11.1 Å². The lowest BCUT2D eigenvalue weighted by molar-refractivity contribution is -0.116. The fourth-order valence-corrected chi connectivity index (χ4v) is 1.31. The molecule has 1 rings (SSSR count). The van der Waals surface area contributed by atoms with Gasteiger partial charge in [-0.2, -0.15) is 0 Å². The maximum Gasteiger partial charge on any atom is 0.152 e. The molecule has 4 heteroatoms. The third-order valence-electron chi connectivity index (χ3n) is 1.91. The Kier molecular flexibility index (Phi) is 3.61. The minimum Gasteiger partial charge on any atom is -0.392 e. The molecule has 0 saturated carbocycles. The molecule has 0 radical (unpaired) electrons. The molecule has 0 bridgehead atoms. The number of carbonyl (C=O) groups is 1. The number of hydrogen-bond acceptors (Lipinski definition) is 2. The van der Waals surface area contributed by atoms with Crippen LogP contribution < -0.4 is 0 Å². The highest BCUT2D eigenvalue weighted by Gasteiger charge is 2.18. The molecule has 0 saturated heterocycles. The monoisotopic (exact) mass is 216 g/mol. The van der Waals surface area contributed by atoms with E-state index in [0.29, 0.717) is 0 Å². The Bertz CT molecular complexity index is 352. The zero-order valence-corrected chi connectivity index (χ0v) is 8.38. The van der Waals surface area contributed by atoms with E-state index in [0.717, 1.165) is 0 Å². The van der Waals surface area contributed by atoms with Crippen LogP contribution in [-0.4, -0.2) is 10.9 Å². The van der Waals surface area contributed by atoms with Gasteiger partial charge in [0.2, 0.25) is 0 Å². The summed E-state index contributed by atoms with van der Waals surface area (Å²) in [6.07, 6.45) is 0. The summed E-state index contributed by atoms with van der Waals surface area (Å²) >= 11 is 5.70. The third kappa shape index (κ3) is 2.11. The summed E-state index contributed by atoms with van der Waals surface area (Å²) < 4.78 is 13.5. The van der Waals surface area contributed by atoms with E-state index in [-0.39, 0.29) is 16.9 Å². The lowest BCUT2D eigenvalue weighted by atomic mass is 10.1. The Morgan fingerprint density at radius 1 is 1.64 bits per heavy atom. The molecule has 1 N–H and O–H groups in total. The summed E-state index contributed by atoms with van der Waals surface area (Å²) in [4.78, 5) is 10.9. The molecule has 1 atom stereocenters. The molecule has 0 heterocycles. The second kappa shape index (κ2) is 4.53. The predicted molar refractivity (Wildman–Crippen MR) is 51.6 cm³/mol. The quantitative estimate of drug-likeness (QED) is 0.787. The zero-order valence-electron chi connectivity index (χ0n) is 7.63. The van der Waals surface area contributed by atoms with Gasteiger partial charge in [-0.1, -0.05) is 18.2 Å². The number of rotatable bonds is 3. The Hall–Kier alpha value is -0.930. The van der Waals surface area contributed by atoms with Gasteiger partial charge in [0.05, 0.1) is 6.61 Å². The third-order valence-corrected chi connectivity index (χ3v) is 2.45. The average Bonchev–Trinajstić information content (AvgIpc) is 2.17. The first kappa shape index (κ1) is 11.1. The van der Waals surface area contributed by atoms with E-state index >= 15 is 0 Å². The van der Waals surface area contributed by atoms with Crippen LogP contribution in [0.1, 0.15) is 23.4 Å². The van der Waals surface area contributed by atoms with Crippen molar-refractivity contribution in [3.8, 4) is 0 Å². The van der Waals surface area contributed by atoms with E-state index in [1.807, 2.05) is 0 Å². The summed E-state index contributed by atoms with van der Waals surface area (Å²) in [6, 6.07) is 4.44. The molecule has 0 aliphatic heterocycles. The van der Waals surface area contributed by atoms with Gasteiger partial charge >= 0.3 is 0 Å². The van der Waals surface area contributed by atoms with Crippen LogP contribution in [0.15, 0.2) is 18.2 Å². The summed E-state index contributed by atoms with van der Waals surface area (Å²) in [6.45, 7) is 0.893. The maximum atomic E-state index is 13.5. The molecule has 1 aromatic rings. The second-order valence-electron chi connectivity index (χ2n) is 2.95. The number of benzene rings is 1. The number of ketones is 1. The van der Waals surface area contributed by atoms with E-state index < -0.39 is 17.8 Å². The number of Topliss-reactive ketones (excluding diaryl/α,β-unsaturated/α-hetero) is 1. The van der Waals surface area contributed by atoms with E-state index in [1.165, 1.54) is 19.1 Å². The summed E-state index contributed by atoms with van der Waals surface area (Å²) in [5.74, 6) is -0.925. The molecule has 76 valence electrons. The molecule has 0 aliphatic carbocycles. The first-order valence-electron chi connectivity index (χ1n) is 4.10. The van der Waals surface area contributed by atoms with Crippen molar-refractivity contribution in [1.29, 1.82) is 0 Å². The van der Waals surface area contributed by atoms with Gasteiger partial charge in [0.15, 0.2) is 5.78 Å². The number of alkyl halides is 1. The Morgan fingerprint density at radius 3 is 2.79 bits per heavy atom. The van der Waals surface area contributed by atoms with Crippen LogP contribution >= 0.6 is 11.6 Å². The lowest BCUT2D eigenvalue weighted by Gasteiger charge is -2.09. The molecule has 1 aromatic carbocycles. The van der Waals surface area contributed by atoms with Crippen LogP contribution in [0, 0.1) is 5.82 Å². The highest BCUT2D eigenvalue weighted by molar-refractivity contribution is 6.30. The highest BCUT2D eigenvalue weighted by atomic mass is 35.5. The van der Waals surface area contributed by atoms with Crippen LogP contribution in [0.5, 0.6) is 0 Å². The number of aliphatic hydroxyl groups is 1. The van der Waals surface area contributed by atoms with E-state index in [9.17, 15) is 9.18 Å². The molecule has 0 spiro atoms. The molecule has 0 aliphatic rings. The van der Waals surface area contributed by atoms with E-state index in [1.54, 1.807) is 6.07 Å². The fourth-order valence-electron chi connectivity index (χ4n) is 1.14. The minimum atomic E-state index is -0.985. The maximum absolute atomic E-state index is 13.5. The molecular formula is C10H10ClFO2. The molecular weight excluding hydrogens is 207 g/mol. The Balaban J connectivity index is 3.15. The van der Waals surface area contributed by atoms with Crippen LogP contribution in [-0.2, 0) is 11.4 Å². The van der Waals surface area contributed by atoms with E-state index in [4.69, 9.17) is 16.7 Å². The van der Waals surface area contributed by atoms with Gasteiger partial charge in [0.1, 0.15) is 11.2 Å². The first-order valence-corrected chi connectivity index (χ1v) is 4.54. The second-order valence-corrected chi connectivity index (χ2v) is 3.39. The van der Waals surface area contributed by atoms with Gasteiger partial charge in [-0.3, -0.25) is 4.79 Å². The van der Waals surface area contributed by atoms with Gasteiger partial charge in [-0.15, -0.1) is 11.6 Å². The van der Waals surface area contributed by atoms with Crippen molar-refractivity contribution in [2.45, 2.75) is 18.9 Å². The van der Waals surface area contributed by atoms with Gasteiger partial charge in [0.25, 0.3) is 0 Å². The number of halogens is 2. The van der Waals surface area contributed by atoms with Crippen LogP contribution in [0.3, 0.4) is 0 Å². The minimum absolute atomic E-state index is 0.116. The standard InChI is InChI=1S/C10H10ClFO2/c1-6(14)9(11)8-4-2-3-7(5-13)10(8)12/h2-4,9,13H,5H2,1H3. The van der Waals surface area contributed by atoms with Crippen molar-refractivity contribution in [1.82, 2.24) is 0 Å². The summed E-state index contributed by atoms with van der Waals surface area (Å²) in [5, 5.41) is 7.81. The van der Waals surface area contributed by atoms with Gasteiger partial charge in [-0.25, -0.2) is 4.39 Å². The largest absolute Gasteiger partial charge is 0.392 e. The number of hydrogen-bond donors (Lipinski definition) is 1. The Labute approximate surface area is 86.3 Å². The van der Waals surface area contributed by atoms with Crippen LogP contribution in [0.4, 0.5) is 4.39 Å². The molecule has 0 aromatic heterocycles. The van der Waals surface area contributed by atoms with Crippen molar-refractivity contribution in [2.24, 2.45) is 0 Å². The Morgan fingerprint density at radius 2 is 2.29 bits per heavy atom. The SMILES string of the molecule is CC(=O)C(Cl)c1cccc(CO)c1F. The molecule has 2 nitrogen and oxygen atoms in total. The molecule has 0 amide bonds. The topological polar surface area (TPSA) is 37.3 Å². The summed E-state index contributed by atoms with van der Waals surface area (Å²) in [7, 11) is 0. The van der Waals surface area contributed by atoms with Crippen molar-refractivity contribution < 1.29 is 14.3 Å². The van der Waals surface area contributed by atoms with E-state index in [2.05, 4.69) is 0 Å². The number of carbonyl (C=O) groups excluding carboxylic acids is 1. The van der Waals surface area contributed by atoms with Crippen molar-refractivity contribution in [2.75, 3.05) is 0 Å². The van der Waals surface area contributed by atoms with Gasteiger partial charge in [-0.05, 0) is 6.92 Å². The zero-order chi connectivity index (χ0) is 10.7. The van der Waals surface area contributed by atoms with Crippen molar-refractivity contribution in [3.05, 3.63) is 35.1 Å². The predicted octanol–water partition coefficient (Wildman–Crippen LogP) is 2.19. The highest BCUT2D eigenvalue weighted by Crippen LogP contribution is 2.25. The van der Waals surface area contributed by atoms with Crippen LogP contribution in [0.2, 0.25) is 0 Å². The number of aliphatic hydroxyl groups excluding tert-OH is 1. The average molecular weight is 217 g/mol.